The minimum Gasteiger partial charge on any atom is -0.481 e. The van der Waals surface area contributed by atoms with Crippen molar-refractivity contribution in [1.29, 1.82) is 0 Å². The average molecular weight is 502 g/mol. The van der Waals surface area contributed by atoms with Crippen molar-refractivity contribution in [3.63, 3.8) is 0 Å². The van der Waals surface area contributed by atoms with Crippen LogP contribution in [-0.2, 0) is 4.79 Å². The van der Waals surface area contributed by atoms with Crippen LogP contribution in [0.5, 0.6) is 11.5 Å². The zero-order valence-electron chi connectivity index (χ0n) is 16.4. The Kier molecular flexibility index (Phi) is 7.81. The molecule has 0 saturated heterocycles. The second kappa shape index (κ2) is 10.7. The Bertz CT molecular complexity index is 1090. The molecule has 0 saturated carbocycles. The van der Waals surface area contributed by atoms with Crippen molar-refractivity contribution in [3.05, 3.63) is 93.4 Å². The van der Waals surface area contributed by atoms with Gasteiger partial charge in [0.1, 0.15) is 11.5 Å². The standard InChI is InChI=1S/C23H18BrClN2O4/c1-15(30-20-10-8-19(25)9-11-20)22(28)27-26-14-17-13-18(24)7-12-21(17)31-23(29)16-5-3-2-4-6-16/h2-15H,1H3,(H,27,28)/b26-14-/t15-/m0/s1. The van der Waals surface area contributed by atoms with Gasteiger partial charge in [0.15, 0.2) is 6.10 Å². The molecule has 0 spiro atoms. The normalized spacial score (nSPS) is 11.7. The molecule has 0 radical (unpaired) electrons. The van der Waals surface area contributed by atoms with Gasteiger partial charge in [-0.25, -0.2) is 10.2 Å². The van der Waals surface area contributed by atoms with Gasteiger partial charge >= 0.3 is 5.97 Å². The predicted octanol–water partition coefficient (Wildman–Crippen LogP) is 5.24. The monoisotopic (exact) mass is 500 g/mol. The Morgan fingerprint density at radius 3 is 2.48 bits per heavy atom. The van der Waals surface area contributed by atoms with E-state index in [2.05, 4.69) is 26.5 Å². The van der Waals surface area contributed by atoms with Gasteiger partial charge < -0.3 is 9.47 Å². The van der Waals surface area contributed by atoms with Crippen LogP contribution in [0.1, 0.15) is 22.8 Å². The summed E-state index contributed by atoms with van der Waals surface area (Å²) in [5.74, 6) is -0.116. The quantitative estimate of drug-likeness (QED) is 0.208. The summed E-state index contributed by atoms with van der Waals surface area (Å²) in [4.78, 5) is 24.6. The first-order valence-corrected chi connectivity index (χ1v) is 10.4. The summed E-state index contributed by atoms with van der Waals surface area (Å²) < 4.78 is 11.8. The van der Waals surface area contributed by atoms with Crippen molar-refractivity contribution >= 4 is 45.6 Å². The van der Waals surface area contributed by atoms with Gasteiger partial charge in [0.2, 0.25) is 0 Å². The highest BCUT2D eigenvalue weighted by molar-refractivity contribution is 9.10. The van der Waals surface area contributed by atoms with E-state index in [0.29, 0.717) is 27.6 Å². The summed E-state index contributed by atoms with van der Waals surface area (Å²) in [6, 6.07) is 20.4. The highest BCUT2D eigenvalue weighted by Gasteiger charge is 2.14. The number of halogens is 2. The second-order valence-corrected chi connectivity index (χ2v) is 7.74. The van der Waals surface area contributed by atoms with Crippen LogP contribution in [0.15, 0.2) is 82.4 Å². The largest absolute Gasteiger partial charge is 0.481 e. The number of rotatable bonds is 7. The van der Waals surface area contributed by atoms with Crippen molar-refractivity contribution < 1.29 is 19.1 Å². The number of carbonyl (C=O) groups is 2. The van der Waals surface area contributed by atoms with Crippen LogP contribution in [0, 0.1) is 0 Å². The number of hydrogen-bond acceptors (Lipinski definition) is 5. The van der Waals surface area contributed by atoms with Crippen LogP contribution >= 0.6 is 27.5 Å². The lowest BCUT2D eigenvalue weighted by Gasteiger charge is -2.13. The summed E-state index contributed by atoms with van der Waals surface area (Å²) in [6.45, 7) is 1.60. The molecule has 0 fully saturated rings. The molecule has 0 heterocycles. The molecule has 31 heavy (non-hydrogen) atoms. The van der Waals surface area contributed by atoms with Crippen molar-refractivity contribution in [1.82, 2.24) is 5.43 Å². The van der Waals surface area contributed by atoms with Crippen LogP contribution in [0.4, 0.5) is 0 Å². The van der Waals surface area contributed by atoms with Crippen molar-refractivity contribution in [2.75, 3.05) is 0 Å². The molecule has 0 aliphatic heterocycles. The van der Waals surface area contributed by atoms with E-state index in [9.17, 15) is 9.59 Å². The zero-order chi connectivity index (χ0) is 22.2. The molecular formula is C23H18BrClN2O4. The maximum absolute atomic E-state index is 12.3. The fourth-order valence-corrected chi connectivity index (χ4v) is 2.98. The smallest absolute Gasteiger partial charge is 0.343 e. The number of esters is 1. The van der Waals surface area contributed by atoms with Gasteiger partial charge in [-0.2, -0.15) is 5.10 Å². The van der Waals surface area contributed by atoms with E-state index in [0.717, 1.165) is 4.47 Å². The zero-order valence-corrected chi connectivity index (χ0v) is 18.8. The van der Waals surface area contributed by atoms with E-state index in [4.69, 9.17) is 21.1 Å². The predicted molar refractivity (Wildman–Crippen MR) is 123 cm³/mol. The SMILES string of the molecule is C[C@H](Oc1ccc(Cl)cc1)C(=O)N/N=C\c1cc(Br)ccc1OC(=O)c1ccccc1. The Labute approximate surface area is 193 Å². The highest BCUT2D eigenvalue weighted by Crippen LogP contribution is 2.23. The lowest BCUT2D eigenvalue weighted by atomic mass is 10.2. The topological polar surface area (TPSA) is 77.0 Å². The second-order valence-electron chi connectivity index (χ2n) is 6.39. The summed E-state index contributed by atoms with van der Waals surface area (Å²) >= 11 is 9.21. The van der Waals surface area contributed by atoms with E-state index >= 15 is 0 Å². The van der Waals surface area contributed by atoms with E-state index in [1.165, 1.54) is 6.21 Å². The molecule has 1 amide bonds. The number of nitrogens with zero attached hydrogens (tertiary/aromatic N) is 1. The number of amides is 1. The maximum atomic E-state index is 12.3. The molecule has 0 aliphatic rings. The highest BCUT2D eigenvalue weighted by atomic mass is 79.9. The van der Waals surface area contributed by atoms with Crippen molar-refractivity contribution in [3.8, 4) is 11.5 Å². The fraction of sp³-hybridized carbons (Fsp3) is 0.0870. The molecule has 3 rings (SSSR count). The Morgan fingerprint density at radius 1 is 1.06 bits per heavy atom. The van der Waals surface area contributed by atoms with Gasteiger partial charge in [0.05, 0.1) is 11.8 Å². The van der Waals surface area contributed by atoms with Crippen LogP contribution in [0.3, 0.4) is 0 Å². The number of nitrogens with one attached hydrogen (secondary N) is 1. The first kappa shape index (κ1) is 22.5. The molecule has 0 aromatic heterocycles. The third kappa shape index (κ3) is 6.67. The van der Waals surface area contributed by atoms with E-state index in [-0.39, 0.29) is 0 Å². The third-order valence-corrected chi connectivity index (χ3v) is 4.80. The molecule has 1 atom stereocenters. The molecule has 3 aromatic rings. The third-order valence-electron chi connectivity index (χ3n) is 4.06. The Morgan fingerprint density at radius 2 is 1.77 bits per heavy atom. The molecular weight excluding hydrogens is 484 g/mol. The van der Waals surface area contributed by atoms with E-state index in [1.807, 2.05) is 6.07 Å². The molecule has 158 valence electrons. The average Bonchev–Trinajstić information content (AvgIpc) is 2.77. The van der Waals surface area contributed by atoms with Crippen molar-refractivity contribution in [2.24, 2.45) is 5.10 Å². The first-order chi connectivity index (χ1) is 14.9. The van der Waals surface area contributed by atoms with Crippen LogP contribution < -0.4 is 14.9 Å². The minimum absolute atomic E-state index is 0.306. The maximum Gasteiger partial charge on any atom is 0.343 e. The van der Waals surface area contributed by atoms with Gasteiger partial charge in [-0.3, -0.25) is 4.79 Å². The number of hydrogen-bond donors (Lipinski definition) is 1. The molecule has 6 nitrogen and oxygen atoms in total. The molecule has 1 N–H and O–H groups in total. The van der Waals surface area contributed by atoms with Crippen LogP contribution in [0.25, 0.3) is 0 Å². The molecule has 0 bridgehead atoms. The van der Waals surface area contributed by atoms with Gasteiger partial charge in [-0.05, 0) is 61.5 Å². The van der Waals surface area contributed by atoms with E-state index in [1.54, 1.807) is 73.7 Å². The van der Waals surface area contributed by atoms with E-state index < -0.39 is 18.0 Å². The van der Waals surface area contributed by atoms with Crippen LogP contribution in [0.2, 0.25) is 5.02 Å². The molecule has 0 unspecified atom stereocenters. The summed E-state index contributed by atoms with van der Waals surface area (Å²) in [6.07, 6.45) is 0.613. The summed E-state index contributed by atoms with van der Waals surface area (Å²) in [7, 11) is 0. The molecule has 3 aromatic carbocycles. The molecule has 8 heteroatoms. The lowest BCUT2D eigenvalue weighted by molar-refractivity contribution is -0.127. The fourth-order valence-electron chi connectivity index (χ4n) is 2.47. The van der Waals surface area contributed by atoms with Gasteiger partial charge in [-0.15, -0.1) is 0 Å². The van der Waals surface area contributed by atoms with Crippen molar-refractivity contribution in [2.45, 2.75) is 13.0 Å². The van der Waals surface area contributed by atoms with Crippen LogP contribution in [-0.4, -0.2) is 24.2 Å². The lowest BCUT2D eigenvalue weighted by Crippen LogP contribution is -2.33. The van der Waals surface area contributed by atoms with Gasteiger partial charge in [0, 0.05) is 15.1 Å². The van der Waals surface area contributed by atoms with Gasteiger partial charge in [-0.1, -0.05) is 45.7 Å². The van der Waals surface area contributed by atoms with Gasteiger partial charge in [0.25, 0.3) is 5.91 Å². The summed E-state index contributed by atoms with van der Waals surface area (Å²) in [5.41, 5.74) is 3.35. The first-order valence-electron chi connectivity index (χ1n) is 9.24. The number of ether oxygens (including phenoxy) is 2. The Balaban J connectivity index is 1.64. The summed E-state index contributed by atoms with van der Waals surface area (Å²) in [5, 5.41) is 4.54. The number of hydrazone groups is 1. The Hall–Kier alpha value is -3.16. The molecule has 0 aliphatic carbocycles. The minimum atomic E-state index is -0.781. The number of benzene rings is 3. The number of carbonyl (C=O) groups excluding carboxylic acids is 2.